The third kappa shape index (κ3) is 3.02. The Morgan fingerprint density at radius 1 is 1.09 bits per heavy atom. The molecule has 0 saturated heterocycles. The fourth-order valence-corrected chi connectivity index (χ4v) is 8.95. The van der Waals surface area contributed by atoms with Crippen LogP contribution in [0.1, 0.15) is 73.6 Å². The first-order valence-electron chi connectivity index (χ1n) is 12.8. The molecule has 5 rings (SSSR count). The molecule has 0 aromatic carbocycles. The lowest BCUT2D eigenvalue weighted by molar-refractivity contribution is -0.211. The lowest BCUT2D eigenvalue weighted by atomic mass is 9.37. The molecule has 6 heteroatoms. The summed E-state index contributed by atoms with van der Waals surface area (Å²) in [6.07, 6.45) is 8.54. The van der Waals surface area contributed by atoms with Gasteiger partial charge in [0.05, 0.1) is 18.8 Å². The van der Waals surface area contributed by atoms with Crippen molar-refractivity contribution in [3.05, 3.63) is 24.0 Å². The maximum atomic E-state index is 13.0. The van der Waals surface area contributed by atoms with Crippen molar-refractivity contribution in [3.63, 3.8) is 0 Å². The van der Waals surface area contributed by atoms with Crippen LogP contribution in [0.3, 0.4) is 0 Å². The van der Waals surface area contributed by atoms with Gasteiger partial charge in [0, 0.05) is 35.7 Å². The normalized spacial score (nSPS) is 46.9. The Kier molecular flexibility index (Phi) is 5.17. The van der Waals surface area contributed by atoms with Gasteiger partial charge in [0.1, 0.15) is 18.0 Å². The highest BCUT2D eigenvalue weighted by Crippen LogP contribution is 2.71. The molecule has 0 amide bonds. The predicted octanol–water partition coefficient (Wildman–Crippen LogP) is 4.77. The van der Waals surface area contributed by atoms with Gasteiger partial charge < -0.3 is 14.2 Å². The molecule has 0 radical (unpaired) electrons. The molecule has 2 aliphatic heterocycles. The minimum Gasteiger partial charge on any atom is -0.501 e. The van der Waals surface area contributed by atoms with Crippen molar-refractivity contribution >= 4 is 17.7 Å². The highest BCUT2D eigenvalue weighted by atomic mass is 16.6. The van der Waals surface area contributed by atoms with Gasteiger partial charge in [-0.05, 0) is 54.6 Å². The van der Waals surface area contributed by atoms with E-state index in [4.69, 9.17) is 14.2 Å². The van der Waals surface area contributed by atoms with Crippen LogP contribution in [0, 0.1) is 39.4 Å². The molecule has 0 N–H and O–H groups in total. The third-order valence-corrected chi connectivity index (χ3v) is 10.6. The van der Waals surface area contributed by atoms with Crippen LogP contribution in [-0.4, -0.2) is 36.5 Å². The predicted molar refractivity (Wildman–Crippen MR) is 125 cm³/mol. The van der Waals surface area contributed by atoms with E-state index in [1.165, 1.54) is 6.92 Å². The van der Waals surface area contributed by atoms with Crippen molar-refractivity contribution in [3.8, 4) is 0 Å². The Morgan fingerprint density at radius 3 is 2.47 bits per heavy atom. The Labute approximate surface area is 202 Å². The molecule has 3 unspecified atom stereocenters. The van der Waals surface area contributed by atoms with E-state index in [1.807, 2.05) is 6.08 Å². The summed E-state index contributed by atoms with van der Waals surface area (Å²) >= 11 is 0. The van der Waals surface area contributed by atoms with E-state index in [0.717, 1.165) is 24.8 Å². The second-order valence-electron chi connectivity index (χ2n) is 12.6. The SMILES string of the molecule is CC(=O)O[C@@H]1CC2C(C)(C)C(=O)CC[C@]2(C)C2CC[C@]3(C)C(=CC(=O)O[C@H]3C3C=COC3)[C@@]21C. The molecule has 3 aliphatic carbocycles. The number of Topliss-reactive ketones (excluding diaryl/α,β-unsaturated/α-hetero) is 1. The number of carbonyl (C=O) groups is 3. The number of hydrogen-bond acceptors (Lipinski definition) is 6. The van der Waals surface area contributed by atoms with Gasteiger partial charge in [-0.3, -0.25) is 9.59 Å². The molecule has 186 valence electrons. The van der Waals surface area contributed by atoms with Gasteiger partial charge in [0.15, 0.2) is 0 Å². The molecule has 5 aliphatic rings. The maximum absolute atomic E-state index is 13.0. The summed E-state index contributed by atoms with van der Waals surface area (Å²) < 4.78 is 17.6. The van der Waals surface area contributed by atoms with E-state index in [-0.39, 0.29) is 46.6 Å². The van der Waals surface area contributed by atoms with Gasteiger partial charge in [0.2, 0.25) is 0 Å². The van der Waals surface area contributed by atoms with Crippen molar-refractivity contribution in [1.29, 1.82) is 0 Å². The first-order chi connectivity index (χ1) is 15.8. The Hall–Kier alpha value is -2.11. The minimum atomic E-state index is -0.513. The zero-order valence-electron chi connectivity index (χ0n) is 21.3. The van der Waals surface area contributed by atoms with E-state index in [2.05, 4.69) is 34.6 Å². The van der Waals surface area contributed by atoms with E-state index < -0.39 is 16.9 Å². The van der Waals surface area contributed by atoms with Gasteiger partial charge >= 0.3 is 11.9 Å². The van der Waals surface area contributed by atoms with E-state index >= 15 is 0 Å². The number of esters is 2. The van der Waals surface area contributed by atoms with Crippen molar-refractivity contribution < 1.29 is 28.6 Å². The molecule has 8 atom stereocenters. The van der Waals surface area contributed by atoms with Gasteiger partial charge in [-0.2, -0.15) is 0 Å². The summed E-state index contributed by atoms with van der Waals surface area (Å²) in [6.45, 7) is 12.8. The second kappa shape index (κ2) is 7.44. The number of hydrogen-bond donors (Lipinski definition) is 0. The van der Waals surface area contributed by atoms with Gasteiger partial charge in [-0.25, -0.2) is 4.79 Å². The smallest absolute Gasteiger partial charge is 0.331 e. The van der Waals surface area contributed by atoms with Crippen molar-refractivity contribution in [2.45, 2.75) is 85.9 Å². The van der Waals surface area contributed by atoms with Crippen molar-refractivity contribution in [1.82, 2.24) is 0 Å². The third-order valence-electron chi connectivity index (χ3n) is 10.6. The molecular formula is C28H38O6. The topological polar surface area (TPSA) is 78.9 Å². The van der Waals surface area contributed by atoms with Gasteiger partial charge in [-0.1, -0.05) is 34.6 Å². The number of ether oxygens (including phenoxy) is 3. The van der Waals surface area contributed by atoms with Crippen LogP contribution in [0.15, 0.2) is 24.0 Å². The summed E-state index contributed by atoms with van der Waals surface area (Å²) in [5.74, 6) is -0.0311. The van der Waals surface area contributed by atoms with Crippen LogP contribution in [-0.2, 0) is 28.6 Å². The van der Waals surface area contributed by atoms with E-state index in [9.17, 15) is 14.4 Å². The van der Waals surface area contributed by atoms with Crippen molar-refractivity contribution in [2.24, 2.45) is 39.4 Å². The lowest BCUT2D eigenvalue weighted by Gasteiger charge is -2.68. The Morgan fingerprint density at radius 2 is 1.82 bits per heavy atom. The molecule has 0 aromatic heterocycles. The number of carbonyl (C=O) groups excluding carboxylic acids is 3. The summed E-state index contributed by atoms with van der Waals surface area (Å²) in [5, 5.41) is 0. The van der Waals surface area contributed by atoms with Crippen LogP contribution in [0.2, 0.25) is 0 Å². The average molecular weight is 471 g/mol. The molecule has 6 nitrogen and oxygen atoms in total. The highest BCUT2D eigenvalue weighted by molar-refractivity contribution is 5.86. The largest absolute Gasteiger partial charge is 0.501 e. The van der Waals surface area contributed by atoms with Crippen LogP contribution in [0.5, 0.6) is 0 Å². The standard InChI is InChI=1S/C28H38O6/c1-16(29)33-22-13-19-25(2,3)21(30)8-11-26(19,4)18-7-10-27(5)20(28(18,22)6)14-23(31)34-24(27)17-9-12-32-15-17/h9,12,14,17-19,22,24H,7-8,10-11,13,15H2,1-6H3/t17?,18?,19?,22-,24+,26-,27-,28-/m1/s1. The zero-order valence-corrected chi connectivity index (χ0v) is 21.3. The van der Waals surface area contributed by atoms with Crippen LogP contribution >= 0.6 is 0 Å². The molecule has 0 aromatic rings. The number of ketones is 1. The number of rotatable bonds is 2. The summed E-state index contributed by atoms with van der Waals surface area (Å²) in [7, 11) is 0. The van der Waals surface area contributed by atoms with E-state index in [0.29, 0.717) is 25.2 Å². The maximum Gasteiger partial charge on any atom is 0.331 e. The monoisotopic (exact) mass is 470 g/mol. The second-order valence-corrected chi connectivity index (χ2v) is 12.6. The van der Waals surface area contributed by atoms with Gasteiger partial charge in [0.25, 0.3) is 0 Å². The Balaban J connectivity index is 1.65. The molecule has 3 fully saturated rings. The van der Waals surface area contributed by atoms with Gasteiger partial charge in [-0.15, -0.1) is 0 Å². The van der Waals surface area contributed by atoms with E-state index in [1.54, 1.807) is 12.3 Å². The van der Waals surface area contributed by atoms with Crippen LogP contribution < -0.4 is 0 Å². The molecule has 34 heavy (non-hydrogen) atoms. The number of cyclic esters (lactones) is 1. The summed E-state index contributed by atoms with van der Waals surface area (Å²) in [6, 6.07) is 0. The zero-order chi connectivity index (χ0) is 24.7. The fraction of sp³-hybridized carbons (Fsp3) is 0.750. The number of fused-ring (bicyclic) bond motifs is 5. The molecule has 0 bridgehead atoms. The van der Waals surface area contributed by atoms with Crippen LogP contribution in [0.4, 0.5) is 0 Å². The quantitative estimate of drug-likeness (QED) is 0.541. The summed E-state index contributed by atoms with van der Waals surface area (Å²) in [4.78, 5) is 38.3. The van der Waals surface area contributed by atoms with Crippen molar-refractivity contribution in [2.75, 3.05) is 6.61 Å². The first-order valence-corrected chi connectivity index (χ1v) is 12.8. The lowest BCUT2D eigenvalue weighted by Crippen LogP contribution is -2.67. The Bertz CT molecular complexity index is 993. The van der Waals surface area contributed by atoms with Crippen LogP contribution in [0.25, 0.3) is 0 Å². The fourth-order valence-electron chi connectivity index (χ4n) is 8.95. The highest BCUT2D eigenvalue weighted by Gasteiger charge is 2.69. The molecule has 3 saturated carbocycles. The average Bonchev–Trinajstić information content (AvgIpc) is 3.28. The minimum absolute atomic E-state index is 0.00290. The first kappa shape index (κ1) is 23.6. The summed E-state index contributed by atoms with van der Waals surface area (Å²) in [5.41, 5.74) is -0.386. The molecule has 0 spiro atoms. The molecule has 2 heterocycles. The molecular weight excluding hydrogens is 432 g/mol.